The first-order valence-electron chi connectivity index (χ1n) is 11.1. The summed E-state index contributed by atoms with van der Waals surface area (Å²) in [4.78, 5) is 14.4. The van der Waals surface area contributed by atoms with Gasteiger partial charge in [0.05, 0.1) is 16.0 Å². The van der Waals surface area contributed by atoms with Crippen LogP contribution in [0.3, 0.4) is 0 Å². The van der Waals surface area contributed by atoms with Gasteiger partial charge in [-0.25, -0.2) is 13.2 Å². The molecule has 7 nitrogen and oxygen atoms in total. The molecule has 1 aliphatic heterocycles. The van der Waals surface area contributed by atoms with E-state index in [2.05, 4.69) is 54.2 Å². The molecule has 9 heteroatoms. The van der Waals surface area contributed by atoms with Gasteiger partial charge in [-0.3, -0.25) is 0 Å². The van der Waals surface area contributed by atoms with E-state index in [0.29, 0.717) is 32.7 Å². The van der Waals surface area contributed by atoms with E-state index in [4.69, 9.17) is 4.74 Å². The highest BCUT2D eigenvalue weighted by atomic mass is 79.9. The molecule has 1 N–H and O–H groups in total. The van der Waals surface area contributed by atoms with E-state index >= 15 is 0 Å². The first kappa shape index (κ1) is 25.5. The molecule has 2 aromatic carbocycles. The van der Waals surface area contributed by atoms with Gasteiger partial charge in [-0.05, 0) is 57.6 Å². The number of carbonyl (C=O) groups excluding carboxylic acids is 1. The van der Waals surface area contributed by atoms with Crippen LogP contribution in [-0.2, 0) is 15.4 Å². The number of rotatable bonds is 7. The van der Waals surface area contributed by atoms with Crippen molar-refractivity contribution in [2.45, 2.75) is 37.5 Å². The monoisotopic (exact) mass is 537 g/mol. The van der Waals surface area contributed by atoms with Crippen LogP contribution in [0, 0.1) is 0 Å². The number of sulfonamides is 1. The average Bonchev–Trinajstić information content (AvgIpc) is 2.79. The zero-order chi connectivity index (χ0) is 24.1. The predicted molar refractivity (Wildman–Crippen MR) is 133 cm³/mol. The van der Waals surface area contributed by atoms with Crippen LogP contribution >= 0.6 is 15.9 Å². The van der Waals surface area contributed by atoms with E-state index in [1.165, 1.54) is 9.87 Å². The number of benzene rings is 2. The van der Waals surface area contributed by atoms with Crippen molar-refractivity contribution in [3.8, 4) is 5.75 Å². The first-order valence-corrected chi connectivity index (χ1v) is 13.3. The van der Waals surface area contributed by atoms with Gasteiger partial charge in [-0.1, -0.05) is 45.0 Å². The number of hydrogen-bond acceptors (Lipinski definition) is 4. The number of carbonyl (C=O) groups is 1. The smallest absolute Gasteiger partial charge is 0.317 e. The average molecular weight is 539 g/mol. The second-order valence-electron chi connectivity index (χ2n) is 9.03. The lowest BCUT2D eigenvalue weighted by Gasteiger charge is -2.34. The van der Waals surface area contributed by atoms with E-state index in [1.54, 1.807) is 35.2 Å². The van der Waals surface area contributed by atoms with Crippen LogP contribution in [0.15, 0.2) is 57.9 Å². The summed E-state index contributed by atoms with van der Waals surface area (Å²) in [7, 11) is -3.52. The molecule has 0 radical (unpaired) electrons. The third-order valence-corrected chi connectivity index (χ3v) is 8.09. The minimum Gasteiger partial charge on any atom is -0.492 e. The number of nitrogens with one attached hydrogen (secondary N) is 1. The van der Waals surface area contributed by atoms with Crippen molar-refractivity contribution in [1.82, 2.24) is 14.5 Å². The minimum atomic E-state index is -3.52. The highest BCUT2D eigenvalue weighted by Crippen LogP contribution is 2.31. The SMILES string of the molecule is CC(C)(C)c1ccc(OCCCNC(=O)N2CCN(S(=O)(=O)c3ccccc3)CC2)c(Br)c1. The van der Waals surface area contributed by atoms with Crippen LogP contribution in [-0.4, -0.2) is 63.0 Å². The summed E-state index contributed by atoms with van der Waals surface area (Å²) in [6.07, 6.45) is 0.668. The van der Waals surface area contributed by atoms with Crippen LogP contribution in [0.2, 0.25) is 0 Å². The van der Waals surface area contributed by atoms with Crippen molar-refractivity contribution >= 4 is 32.0 Å². The molecule has 0 atom stereocenters. The Labute approximate surface area is 205 Å². The van der Waals surface area contributed by atoms with Gasteiger partial charge in [0.25, 0.3) is 0 Å². The maximum atomic E-state index is 12.7. The van der Waals surface area contributed by atoms with Gasteiger partial charge in [0, 0.05) is 32.7 Å². The largest absolute Gasteiger partial charge is 0.492 e. The number of hydrogen-bond donors (Lipinski definition) is 1. The van der Waals surface area contributed by atoms with E-state index in [0.717, 1.165) is 10.2 Å². The molecule has 2 amide bonds. The van der Waals surface area contributed by atoms with Gasteiger partial charge in [-0.2, -0.15) is 4.31 Å². The maximum Gasteiger partial charge on any atom is 0.317 e. The second-order valence-corrected chi connectivity index (χ2v) is 11.8. The number of ether oxygens (including phenoxy) is 1. The fourth-order valence-electron chi connectivity index (χ4n) is 3.52. The first-order chi connectivity index (χ1) is 15.6. The second kappa shape index (κ2) is 10.9. The van der Waals surface area contributed by atoms with Crippen molar-refractivity contribution < 1.29 is 17.9 Å². The molecule has 3 rings (SSSR count). The Morgan fingerprint density at radius 1 is 1.06 bits per heavy atom. The van der Waals surface area contributed by atoms with Gasteiger partial charge in [0.1, 0.15) is 5.75 Å². The maximum absolute atomic E-state index is 12.7. The number of nitrogens with zero attached hydrogens (tertiary/aromatic N) is 2. The minimum absolute atomic E-state index is 0.0720. The van der Waals surface area contributed by atoms with Gasteiger partial charge >= 0.3 is 6.03 Å². The lowest BCUT2D eigenvalue weighted by Crippen LogP contribution is -2.53. The van der Waals surface area contributed by atoms with Crippen LogP contribution in [0.1, 0.15) is 32.8 Å². The number of piperazine rings is 1. The van der Waals surface area contributed by atoms with Crippen molar-refractivity contribution in [2.24, 2.45) is 0 Å². The molecule has 1 saturated heterocycles. The highest BCUT2D eigenvalue weighted by molar-refractivity contribution is 9.10. The lowest BCUT2D eigenvalue weighted by atomic mass is 9.87. The molecule has 180 valence electrons. The molecule has 0 bridgehead atoms. The van der Waals surface area contributed by atoms with Crippen molar-refractivity contribution in [3.05, 3.63) is 58.6 Å². The lowest BCUT2D eigenvalue weighted by molar-refractivity contribution is 0.171. The molecule has 1 fully saturated rings. The summed E-state index contributed by atoms with van der Waals surface area (Å²) >= 11 is 3.57. The Balaban J connectivity index is 1.38. The van der Waals surface area contributed by atoms with E-state index < -0.39 is 10.0 Å². The summed E-state index contributed by atoms with van der Waals surface area (Å²) < 4.78 is 33.6. The Kier molecular flexibility index (Phi) is 8.42. The third kappa shape index (κ3) is 6.71. The molecule has 1 aliphatic rings. The van der Waals surface area contributed by atoms with Crippen LogP contribution in [0.4, 0.5) is 4.79 Å². The molecule has 1 heterocycles. The molecule has 0 saturated carbocycles. The third-order valence-electron chi connectivity index (χ3n) is 5.56. The molecule has 0 unspecified atom stereocenters. The molecule has 0 aliphatic carbocycles. The quantitative estimate of drug-likeness (QED) is 0.536. The summed E-state index contributed by atoms with van der Waals surface area (Å²) in [5, 5.41) is 2.89. The van der Waals surface area contributed by atoms with Gasteiger partial charge in [-0.15, -0.1) is 0 Å². The summed E-state index contributed by atoms with van der Waals surface area (Å²) in [5.41, 5.74) is 1.30. The van der Waals surface area contributed by atoms with Crippen molar-refractivity contribution in [1.29, 1.82) is 0 Å². The van der Waals surface area contributed by atoms with E-state index in [-0.39, 0.29) is 29.4 Å². The topological polar surface area (TPSA) is 79.0 Å². The van der Waals surface area contributed by atoms with Gasteiger partial charge < -0.3 is 15.0 Å². The fourth-order valence-corrected chi connectivity index (χ4v) is 5.46. The molecule has 33 heavy (non-hydrogen) atoms. The molecule has 0 spiro atoms. The number of halogens is 1. The molecular weight excluding hydrogens is 506 g/mol. The standard InChI is InChI=1S/C24H32BrN3O4S/c1-24(2,3)19-10-11-22(21(25)18-19)32-17-7-12-26-23(29)27-13-15-28(16-14-27)33(30,31)20-8-5-4-6-9-20/h4-6,8-11,18H,7,12-17H2,1-3H3,(H,26,29). The highest BCUT2D eigenvalue weighted by Gasteiger charge is 2.29. The summed E-state index contributed by atoms with van der Waals surface area (Å²) in [6, 6.07) is 14.3. The number of amides is 2. The fraction of sp³-hybridized carbons (Fsp3) is 0.458. The Morgan fingerprint density at radius 2 is 1.73 bits per heavy atom. The van der Waals surface area contributed by atoms with Crippen LogP contribution < -0.4 is 10.1 Å². The molecular formula is C24H32BrN3O4S. The van der Waals surface area contributed by atoms with Crippen molar-refractivity contribution in [2.75, 3.05) is 39.3 Å². The van der Waals surface area contributed by atoms with E-state index in [9.17, 15) is 13.2 Å². The zero-order valence-electron chi connectivity index (χ0n) is 19.4. The zero-order valence-corrected chi connectivity index (χ0v) is 21.8. The molecule has 2 aromatic rings. The van der Waals surface area contributed by atoms with E-state index in [1.807, 2.05) is 6.07 Å². The Morgan fingerprint density at radius 3 is 2.33 bits per heavy atom. The summed E-state index contributed by atoms with van der Waals surface area (Å²) in [6.45, 7) is 8.76. The predicted octanol–water partition coefficient (Wildman–Crippen LogP) is 4.23. The van der Waals surface area contributed by atoms with Crippen LogP contribution in [0.25, 0.3) is 0 Å². The van der Waals surface area contributed by atoms with Gasteiger partial charge in [0.2, 0.25) is 10.0 Å². The Bertz CT molecular complexity index is 1050. The number of urea groups is 1. The normalized spacial score (nSPS) is 15.3. The molecule has 0 aromatic heterocycles. The van der Waals surface area contributed by atoms with Gasteiger partial charge in [0.15, 0.2) is 0 Å². The summed E-state index contributed by atoms with van der Waals surface area (Å²) in [5.74, 6) is 0.782. The van der Waals surface area contributed by atoms with Crippen LogP contribution in [0.5, 0.6) is 5.75 Å². The van der Waals surface area contributed by atoms with Crippen molar-refractivity contribution in [3.63, 3.8) is 0 Å². The Hall–Kier alpha value is -2.10.